The second-order valence-electron chi connectivity index (χ2n) is 5.86. The van der Waals surface area contributed by atoms with Gasteiger partial charge in [-0.15, -0.1) is 5.10 Å². The highest BCUT2D eigenvalue weighted by molar-refractivity contribution is 5.76. The van der Waals surface area contributed by atoms with Crippen molar-refractivity contribution < 1.29 is 9.53 Å². The first-order chi connectivity index (χ1) is 10.2. The van der Waals surface area contributed by atoms with Gasteiger partial charge in [-0.1, -0.05) is 11.6 Å². The Morgan fingerprint density at radius 2 is 2.24 bits per heavy atom. The fourth-order valence-electron chi connectivity index (χ4n) is 3.05. The van der Waals surface area contributed by atoms with Crippen molar-refractivity contribution in [1.29, 1.82) is 0 Å². The molecule has 1 spiro atoms. The molecule has 114 valence electrons. The Hall–Kier alpha value is -1.76. The van der Waals surface area contributed by atoms with Crippen LogP contribution in [-0.2, 0) is 16.1 Å². The molecule has 0 aliphatic carbocycles. The minimum atomic E-state index is -0.130. The van der Waals surface area contributed by atoms with Crippen molar-refractivity contribution in [1.82, 2.24) is 25.1 Å². The van der Waals surface area contributed by atoms with E-state index in [1.165, 1.54) is 11.9 Å². The number of piperidine rings is 1. The summed E-state index contributed by atoms with van der Waals surface area (Å²) in [7, 11) is 0. The van der Waals surface area contributed by atoms with Crippen LogP contribution in [0.2, 0.25) is 0 Å². The van der Waals surface area contributed by atoms with Crippen LogP contribution in [-0.4, -0.2) is 56.3 Å². The zero-order chi connectivity index (χ0) is 14.7. The van der Waals surface area contributed by atoms with Crippen LogP contribution in [0.15, 0.2) is 18.0 Å². The SMILES string of the molecule is CC1=CC2(CCN(C(=O)CCn3cnnn3)CC2)OCC1. The Morgan fingerprint density at radius 3 is 2.90 bits per heavy atom. The molecule has 1 amide bonds. The summed E-state index contributed by atoms with van der Waals surface area (Å²) in [5, 5.41) is 10.9. The summed E-state index contributed by atoms with van der Waals surface area (Å²) in [6.07, 6.45) is 7.04. The van der Waals surface area contributed by atoms with Crippen molar-refractivity contribution in [3.8, 4) is 0 Å². The van der Waals surface area contributed by atoms with Gasteiger partial charge in [0.1, 0.15) is 6.33 Å². The van der Waals surface area contributed by atoms with E-state index in [4.69, 9.17) is 4.74 Å². The highest BCUT2D eigenvalue weighted by Gasteiger charge is 2.36. The van der Waals surface area contributed by atoms with E-state index >= 15 is 0 Å². The number of hydrogen-bond donors (Lipinski definition) is 0. The molecule has 0 atom stereocenters. The van der Waals surface area contributed by atoms with Crippen molar-refractivity contribution in [2.75, 3.05) is 19.7 Å². The zero-order valence-corrected chi connectivity index (χ0v) is 12.4. The molecular weight excluding hydrogens is 270 g/mol. The molecule has 0 aromatic carbocycles. The van der Waals surface area contributed by atoms with Gasteiger partial charge >= 0.3 is 0 Å². The van der Waals surface area contributed by atoms with Crippen molar-refractivity contribution in [3.63, 3.8) is 0 Å². The minimum absolute atomic E-state index is 0.130. The van der Waals surface area contributed by atoms with Gasteiger partial charge in [0.15, 0.2) is 0 Å². The molecule has 1 aromatic heterocycles. The van der Waals surface area contributed by atoms with Gasteiger partial charge in [0.05, 0.1) is 18.8 Å². The standard InChI is InChI=1S/C14H21N5O2/c1-12-3-9-21-14(10-12)4-7-18(8-5-14)13(20)2-6-19-11-15-16-17-19/h10-11H,2-9H2,1H3. The summed E-state index contributed by atoms with van der Waals surface area (Å²) in [6, 6.07) is 0. The Balaban J connectivity index is 1.51. The van der Waals surface area contributed by atoms with Gasteiger partial charge in [0.2, 0.25) is 5.91 Å². The van der Waals surface area contributed by atoms with Crippen LogP contribution in [0.5, 0.6) is 0 Å². The molecule has 7 nitrogen and oxygen atoms in total. The van der Waals surface area contributed by atoms with E-state index in [9.17, 15) is 4.79 Å². The predicted octanol–water partition coefficient (Wildman–Crippen LogP) is 0.791. The molecule has 3 rings (SSSR count). The van der Waals surface area contributed by atoms with Crippen molar-refractivity contribution >= 4 is 5.91 Å². The summed E-state index contributed by atoms with van der Waals surface area (Å²) < 4.78 is 7.56. The third-order valence-electron chi connectivity index (χ3n) is 4.30. The summed E-state index contributed by atoms with van der Waals surface area (Å²) in [5.74, 6) is 0.164. The van der Waals surface area contributed by atoms with Crippen molar-refractivity contribution in [2.24, 2.45) is 0 Å². The summed E-state index contributed by atoms with van der Waals surface area (Å²) in [6.45, 7) is 5.02. The van der Waals surface area contributed by atoms with E-state index in [1.54, 1.807) is 4.68 Å². The largest absolute Gasteiger partial charge is 0.370 e. The smallest absolute Gasteiger partial charge is 0.224 e. The first kappa shape index (κ1) is 14.2. The predicted molar refractivity (Wildman–Crippen MR) is 75.3 cm³/mol. The van der Waals surface area contributed by atoms with Gasteiger partial charge in [-0.2, -0.15) is 0 Å². The molecule has 7 heteroatoms. The molecule has 2 aliphatic rings. The van der Waals surface area contributed by atoms with Crippen LogP contribution in [0.3, 0.4) is 0 Å². The highest BCUT2D eigenvalue weighted by Crippen LogP contribution is 2.33. The fraction of sp³-hybridized carbons (Fsp3) is 0.714. The molecule has 0 N–H and O–H groups in total. The monoisotopic (exact) mass is 291 g/mol. The number of nitrogens with zero attached hydrogens (tertiary/aromatic N) is 5. The summed E-state index contributed by atoms with van der Waals surface area (Å²) >= 11 is 0. The molecule has 1 fully saturated rings. The number of rotatable bonds is 3. The van der Waals surface area contributed by atoms with Gasteiger partial charge in [0, 0.05) is 19.5 Å². The number of carbonyl (C=O) groups is 1. The molecule has 1 saturated heterocycles. The van der Waals surface area contributed by atoms with E-state index in [1.807, 2.05) is 4.90 Å². The summed E-state index contributed by atoms with van der Waals surface area (Å²) in [5.41, 5.74) is 1.27. The Kier molecular flexibility index (Phi) is 4.01. The molecule has 3 heterocycles. The number of tetrazole rings is 1. The van der Waals surface area contributed by atoms with E-state index in [0.717, 1.165) is 39.0 Å². The molecule has 1 aromatic rings. The first-order valence-corrected chi connectivity index (χ1v) is 7.48. The van der Waals surface area contributed by atoms with Crippen LogP contribution in [0, 0.1) is 0 Å². The molecule has 0 unspecified atom stereocenters. The number of amides is 1. The average Bonchev–Trinajstić information content (AvgIpc) is 2.99. The maximum Gasteiger partial charge on any atom is 0.224 e. The van der Waals surface area contributed by atoms with Crippen LogP contribution >= 0.6 is 0 Å². The number of likely N-dealkylation sites (tertiary alicyclic amines) is 1. The number of ether oxygens (including phenoxy) is 1. The van der Waals surface area contributed by atoms with Gasteiger partial charge in [0.25, 0.3) is 0 Å². The third kappa shape index (κ3) is 3.29. The van der Waals surface area contributed by atoms with Gasteiger partial charge in [-0.05, 0) is 36.6 Å². The Bertz CT molecular complexity index is 517. The Morgan fingerprint density at radius 1 is 1.43 bits per heavy atom. The number of aryl methyl sites for hydroxylation is 1. The minimum Gasteiger partial charge on any atom is -0.370 e. The number of aromatic nitrogens is 4. The quantitative estimate of drug-likeness (QED) is 0.770. The van der Waals surface area contributed by atoms with Crippen LogP contribution in [0.25, 0.3) is 0 Å². The Labute approximate surface area is 123 Å². The number of carbonyl (C=O) groups excluding carboxylic acids is 1. The van der Waals surface area contributed by atoms with Gasteiger partial charge < -0.3 is 9.64 Å². The van der Waals surface area contributed by atoms with Crippen molar-refractivity contribution in [2.45, 2.75) is 44.8 Å². The van der Waals surface area contributed by atoms with E-state index in [0.29, 0.717) is 13.0 Å². The van der Waals surface area contributed by atoms with Gasteiger partial charge in [-0.25, -0.2) is 4.68 Å². The van der Waals surface area contributed by atoms with Crippen molar-refractivity contribution in [3.05, 3.63) is 18.0 Å². The third-order valence-corrected chi connectivity index (χ3v) is 4.30. The first-order valence-electron chi connectivity index (χ1n) is 7.48. The van der Waals surface area contributed by atoms with Gasteiger partial charge in [-0.3, -0.25) is 4.79 Å². The highest BCUT2D eigenvalue weighted by atomic mass is 16.5. The number of hydrogen-bond acceptors (Lipinski definition) is 5. The lowest BCUT2D eigenvalue weighted by atomic mass is 9.87. The van der Waals surface area contributed by atoms with Crippen LogP contribution in [0.4, 0.5) is 0 Å². The second kappa shape index (κ2) is 5.93. The molecule has 0 radical (unpaired) electrons. The molecule has 2 aliphatic heterocycles. The second-order valence-corrected chi connectivity index (χ2v) is 5.86. The average molecular weight is 291 g/mol. The summed E-state index contributed by atoms with van der Waals surface area (Å²) in [4.78, 5) is 14.1. The lowest BCUT2D eigenvalue weighted by Crippen LogP contribution is -2.48. The van der Waals surface area contributed by atoms with E-state index in [-0.39, 0.29) is 11.5 Å². The maximum absolute atomic E-state index is 12.2. The topological polar surface area (TPSA) is 73.1 Å². The lowest BCUT2D eigenvalue weighted by Gasteiger charge is -2.42. The molecule has 0 saturated carbocycles. The molecular formula is C14H21N5O2. The van der Waals surface area contributed by atoms with Crippen LogP contribution < -0.4 is 0 Å². The molecule has 0 bridgehead atoms. The van der Waals surface area contributed by atoms with E-state index in [2.05, 4.69) is 28.5 Å². The van der Waals surface area contributed by atoms with E-state index < -0.39 is 0 Å². The normalized spacial score (nSPS) is 21.4. The molecule has 21 heavy (non-hydrogen) atoms. The fourth-order valence-corrected chi connectivity index (χ4v) is 3.05. The van der Waals surface area contributed by atoms with Crippen LogP contribution in [0.1, 0.15) is 32.6 Å². The lowest BCUT2D eigenvalue weighted by molar-refractivity contribution is -0.136. The maximum atomic E-state index is 12.2. The zero-order valence-electron chi connectivity index (χ0n) is 12.4.